The van der Waals surface area contributed by atoms with Gasteiger partial charge in [0.2, 0.25) is 0 Å². The third-order valence-corrected chi connectivity index (χ3v) is 4.56. The Hall–Kier alpha value is -3.72. The summed E-state index contributed by atoms with van der Waals surface area (Å²) in [5.41, 5.74) is 3.59. The summed E-state index contributed by atoms with van der Waals surface area (Å²) in [6.45, 7) is 0.399. The second-order valence-electron chi connectivity index (χ2n) is 6.14. The smallest absolute Gasteiger partial charge is 0.271 e. The highest BCUT2D eigenvalue weighted by molar-refractivity contribution is 9.10. The van der Waals surface area contributed by atoms with Gasteiger partial charge in [-0.1, -0.05) is 28.1 Å². The lowest BCUT2D eigenvalue weighted by atomic mass is 10.2. The third kappa shape index (κ3) is 5.65. The first-order valence-corrected chi connectivity index (χ1v) is 9.50. The van der Waals surface area contributed by atoms with E-state index in [1.807, 2.05) is 24.3 Å². The van der Waals surface area contributed by atoms with Crippen molar-refractivity contribution in [1.82, 2.24) is 5.43 Å². The fraction of sp³-hybridized carbons (Fsp3) is 0.0476. The molecule has 0 unspecified atom stereocenters. The number of non-ortho nitro benzene ring substituents is 1. The van der Waals surface area contributed by atoms with Crippen LogP contribution in [0.4, 0.5) is 5.69 Å². The Balaban J connectivity index is 1.57. The molecule has 0 saturated heterocycles. The Labute approximate surface area is 180 Å². The molecule has 30 heavy (non-hydrogen) atoms. The summed E-state index contributed by atoms with van der Waals surface area (Å²) in [6.07, 6.45) is 1.13. The maximum atomic E-state index is 12.2. The van der Waals surface area contributed by atoms with E-state index in [0.29, 0.717) is 17.9 Å². The van der Waals surface area contributed by atoms with Gasteiger partial charge in [0, 0.05) is 27.7 Å². The van der Waals surface area contributed by atoms with Gasteiger partial charge >= 0.3 is 0 Å². The fourth-order valence-electron chi connectivity index (χ4n) is 2.43. The Morgan fingerprint density at radius 3 is 2.50 bits per heavy atom. The molecule has 0 fully saturated rings. The van der Waals surface area contributed by atoms with Gasteiger partial charge in [-0.15, -0.1) is 0 Å². The number of halogens is 1. The maximum Gasteiger partial charge on any atom is 0.271 e. The number of nitrogens with one attached hydrogen (secondary N) is 1. The second-order valence-corrected chi connectivity index (χ2v) is 7.05. The quantitative estimate of drug-likeness (QED) is 0.302. The lowest BCUT2D eigenvalue weighted by Crippen LogP contribution is -2.17. The van der Waals surface area contributed by atoms with Crippen LogP contribution in [0.25, 0.3) is 0 Å². The summed E-state index contributed by atoms with van der Waals surface area (Å²) in [7, 11) is 0. The monoisotopic (exact) mass is 469 g/mol. The predicted octanol–water partition coefficient (Wildman–Crippen LogP) is 4.41. The number of phenols is 1. The van der Waals surface area contributed by atoms with Crippen molar-refractivity contribution in [3.8, 4) is 11.5 Å². The average Bonchev–Trinajstić information content (AvgIpc) is 2.74. The molecule has 152 valence electrons. The number of amides is 1. The topological polar surface area (TPSA) is 114 Å². The van der Waals surface area contributed by atoms with Crippen LogP contribution < -0.4 is 10.2 Å². The number of hydrogen-bond donors (Lipinski definition) is 2. The van der Waals surface area contributed by atoms with Gasteiger partial charge in [-0.3, -0.25) is 14.9 Å². The fourth-order valence-corrected chi connectivity index (χ4v) is 2.70. The SMILES string of the molecule is O=C(NN=Cc1cc([N+](=O)[O-])ccc1O)c1ccc(OCc2ccc(Br)cc2)cc1. The van der Waals surface area contributed by atoms with Gasteiger partial charge in [0.15, 0.2) is 0 Å². The first kappa shape index (κ1) is 21.0. The van der Waals surface area contributed by atoms with Crippen LogP contribution in [0, 0.1) is 10.1 Å². The van der Waals surface area contributed by atoms with E-state index in [9.17, 15) is 20.0 Å². The lowest BCUT2D eigenvalue weighted by molar-refractivity contribution is -0.384. The molecule has 8 nitrogen and oxygen atoms in total. The van der Waals surface area contributed by atoms with Crippen molar-refractivity contribution in [3.05, 3.63) is 98.0 Å². The van der Waals surface area contributed by atoms with Crippen molar-refractivity contribution >= 4 is 33.7 Å². The number of rotatable bonds is 7. The normalized spacial score (nSPS) is 10.7. The maximum absolute atomic E-state index is 12.2. The summed E-state index contributed by atoms with van der Waals surface area (Å²) >= 11 is 3.38. The van der Waals surface area contributed by atoms with Crippen LogP contribution in [-0.4, -0.2) is 22.2 Å². The van der Waals surface area contributed by atoms with Crippen LogP contribution in [-0.2, 0) is 6.61 Å². The van der Waals surface area contributed by atoms with Gasteiger partial charge in [-0.2, -0.15) is 5.10 Å². The molecule has 0 radical (unpaired) electrons. The summed E-state index contributed by atoms with van der Waals surface area (Å²) in [6, 6.07) is 17.8. The first-order valence-electron chi connectivity index (χ1n) is 8.70. The molecule has 2 N–H and O–H groups in total. The van der Waals surface area contributed by atoms with E-state index < -0.39 is 10.8 Å². The lowest BCUT2D eigenvalue weighted by Gasteiger charge is -2.07. The van der Waals surface area contributed by atoms with Crippen molar-refractivity contribution in [2.45, 2.75) is 6.61 Å². The molecule has 0 spiro atoms. The predicted molar refractivity (Wildman–Crippen MR) is 115 cm³/mol. The zero-order valence-corrected chi connectivity index (χ0v) is 17.1. The standard InChI is InChI=1S/C21H16BrN3O5/c22-17-5-1-14(2-6-17)13-30-19-8-3-15(4-9-19)21(27)24-23-12-16-11-18(25(28)29)7-10-20(16)26/h1-12,26H,13H2,(H,24,27). The van der Waals surface area contributed by atoms with Crippen LogP contribution in [0.15, 0.2) is 76.3 Å². The second kappa shape index (κ2) is 9.66. The molecule has 0 saturated carbocycles. The van der Waals surface area contributed by atoms with Crippen molar-refractivity contribution in [3.63, 3.8) is 0 Å². The third-order valence-electron chi connectivity index (χ3n) is 4.03. The van der Waals surface area contributed by atoms with Crippen molar-refractivity contribution < 1.29 is 19.6 Å². The van der Waals surface area contributed by atoms with Crippen molar-refractivity contribution in [1.29, 1.82) is 0 Å². The van der Waals surface area contributed by atoms with Gasteiger partial charge in [0.25, 0.3) is 11.6 Å². The molecule has 1 amide bonds. The molecule has 0 heterocycles. The van der Waals surface area contributed by atoms with E-state index in [1.165, 1.54) is 12.1 Å². The number of carbonyl (C=O) groups is 1. The van der Waals surface area contributed by atoms with Crippen LogP contribution in [0.3, 0.4) is 0 Å². The number of hydrazone groups is 1. The Bertz CT molecular complexity index is 1080. The van der Waals surface area contributed by atoms with Gasteiger partial charge in [-0.05, 0) is 48.0 Å². The first-order chi connectivity index (χ1) is 14.4. The molecule has 0 aliphatic carbocycles. The Morgan fingerprint density at radius 1 is 1.13 bits per heavy atom. The van der Waals surface area contributed by atoms with E-state index in [4.69, 9.17) is 4.74 Å². The summed E-state index contributed by atoms with van der Waals surface area (Å²) in [5, 5.41) is 24.3. The van der Waals surface area contributed by atoms with Gasteiger partial charge in [0.05, 0.1) is 11.1 Å². The highest BCUT2D eigenvalue weighted by Crippen LogP contribution is 2.21. The van der Waals surface area contributed by atoms with Crippen LogP contribution in [0.5, 0.6) is 11.5 Å². The Morgan fingerprint density at radius 2 is 1.83 bits per heavy atom. The van der Waals surface area contributed by atoms with Crippen LogP contribution in [0.1, 0.15) is 21.5 Å². The molecule has 0 atom stereocenters. The van der Waals surface area contributed by atoms with E-state index in [-0.39, 0.29) is 17.0 Å². The largest absolute Gasteiger partial charge is 0.507 e. The van der Waals surface area contributed by atoms with E-state index in [1.54, 1.807) is 24.3 Å². The number of carbonyl (C=O) groups excluding carboxylic acids is 1. The minimum atomic E-state index is -0.588. The molecule has 3 rings (SSSR count). The van der Waals surface area contributed by atoms with Gasteiger partial charge in [0.1, 0.15) is 18.1 Å². The molecule has 0 bridgehead atoms. The number of benzene rings is 3. The highest BCUT2D eigenvalue weighted by Gasteiger charge is 2.09. The molecule has 0 aromatic heterocycles. The van der Waals surface area contributed by atoms with Gasteiger partial charge in [-0.25, -0.2) is 5.43 Å². The number of hydrogen-bond acceptors (Lipinski definition) is 6. The zero-order chi connectivity index (χ0) is 21.5. The molecular weight excluding hydrogens is 454 g/mol. The Kier molecular flexibility index (Phi) is 6.76. The zero-order valence-electron chi connectivity index (χ0n) is 15.5. The molecule has 3 aromatic rings. The number of nitro benzene ring substituents is 1. The van der Waals surface area contributed by atoms with E-state index in [2.05, 4.69) is 26.5 Å². The number of ether oxygens (including phenoxy) is 1. The van der Waals surface area contributed by atoms with E-state index in [0.717, 1.165) is 22.3 Å². The van der Waals surface area contributed by atoms with Crippen LogP contribution in [0.2, 0.25) is 0 Å². The number of phenolic OH excluding ortho intramolecular Hbond substituents is 1. The average molecular weight is 470 g/mol. The summed E-state index contributed by atoms with van der Waals surface area (Å²) in [4.78, 5) is 22.4. The summed E-state index contributed by atoms with van der Waals surface area (Å²) in [5.74, 6) is -0.0546. The van der Waals surface area contributed by atoms with Crippen molar-refractivity contribution in [2.24, 2.45) is 5.10 Å². The van der Waals surface area contributed by atoms with Crippen molar-refractivity contribution in [2.75, 3.05) is 0 Å². The molecular formula is C21H16BrN3O5. The highest BCUT2D eigenvalue weighted by atomic mass is 79.9. The minimum Gasteiger partial charge on any atom is -0.507 e. The molecule has 0 aliphatic heterocycles. The number of aromatic hydroxyl groups is 1. The molecule has 0 aliphatic rings. The van der Waals surface area contributed by atoms with Gasteiger partial charge < -0.3 is 9.84 Å². The van der Waals surface area contributed by atoms with Crippen LogP contribution >= 0.6 is 15.9 Å². The summed E-state index contributed by atoms with van der Waals surface area (Å²) < 4.78 is 6.68. The molecule has 3 aromatic carbocycles. The van der Waals surface area contributed by atoms with E-state index >= 15 is 0 Å². The number of nitrogens with zero attached hydrogens (tertiary/aromatic N) is 2. The molecule has 9 heteroatoms. The minimum absolute atomic E-state index is 0.112. The number of nitro groups is 1.